The van der Waals surface area contributed by atoms with Crippen LogP contribution in [0.1, 0.15) is 37.5 Å². The molecule has 7 rings (SSSR count). The normalized spacial score (nSPS) is 11.1. The second-order valence-corrected chi connectivity index (χ2v) is 11.9. The Bertz CT molecular complexity index is 1960. The van der Waals surface area contributed by atoms with Crippen molar-refractivity contribution in [2.24, 2.45) is 5.41 Å². The van der Waals surface area contributed by atoms with Gasteiger partial charge in [-0.2, -0.15) is 0 Å². The van der Waals surface area contributed by atoms with E-state index in [0.29, 0.717) is 0 Å². The fourth-order valence-corrected chi connectivity index (χ4v) is 5.39. The predicted molar refractivity (Wildman–Crippen MR) is 177 cm³/mol. The van der Waals surface area contributed by atoms with Crippen molar-refractivity contribution in [3.8, 4) is 22.5 Å². The zero-order valence-corrected chi connectivity index (χ0v) is 27.6. The third kappa shape index (κ3) is 7.39. The number of rotatable bonds is 5. The molecule has 7 aromatic rings. The van der Waals surface area contributed by atoms with E-state index >= 15 is 0 Å². The monoisotopic (exact) mass is 751 g/mol. The van der Waals surface area contributed by atoms with Crippen LogP contribution in [0.25, 0.3) is 44.5 Å². The van der Waals surface area contributed by atoms with Crippen LogP contribution in [0.3, 0.4) is 0 Å². The zero-order chi connectivity index (χ0) is 29.6. The first kappa shape index (κ1) is 31.1. The van der Waals surface area contributed by atoms with Crippen molar-refractivity contribution in [1.29, 1.82) is 0 Å². The number of para-hydroxylation sites is 1. The molecule has 1 radical (unpaired) electrons. The Balaban J connectivity index is 0.000000175. The number of hydrogen-bond donors (Lipinski definition) is 0. The summed E-state index contributed by atoms with van der Waals surface area (Å²) < 4.78 is 6.11. The quantitative estimate of drug-likeness (QED) is 0.165. The minimum atomic E-state index is 0. The van der Waals surface area contributed by atoms with Gasteiger partial charge in [0.25, 0.3) is 0 Å². The second-order valence-electron chi connectivity index (χ2n) is 11.9. The number of furan rings is 1. The Hall–Kier alpha value is -4.37. The Morgan fingerprint density at radius 1 is 0.682 bits per heavy atom. The van der Waals surface area contributed by atoms with Crippen LogP contribution in [0.4, 0.5) is 0 Å². The van der Waals surface area contributed by atoms with Crippen molar-refractivity contribution in [2.75, 3.05) is 0 Å². The van der Waals surface area contributed by atoms with Crippen molar-refractivity contribution in [3.63, 3.8) is 0 Å². The largest absolute Gasteiger partial charge is 0.501 e. The first-order valence-corrected chi connectivity index (χ1v) is 14.7. The first-order valence-electron chi connectivity index (χ1n) is 14.7. The average molecular weight is 751 g/mol. The molecule has 0 saturated heterocycles. The number of pyridine rings is 2. The second kappa shape index (κ2) is 13.9. The van der Waals surface area contributed by atoms with E-state index in [-0.39, 0.29) is 25.5 Å². The summed E-state index contributed by atoms with van der Waals surface area (Å²) in [5.41, 5.74) is 9.74. The van der Waals surface area contributed by atoms with Crippen LogP contribution in [0.5, 0.6) is 0 Å². The zero-order valence-electron chi connectivity index (χ0n) is 25.2. The molecule has 0 amide bonds. The molecule has 0 N–H and O–H groups in total. The van der Waals surface area contributed by atoms with Gasteiger partial charge in [-0.05, 0) is 53.4 Å². The number of aromatic nitrogens is 2. The topological polar surface area (TPSA) is 38.9 Å². The molecule has 3 heterocycles. The predicted octanol–water partition coefficient (Wildman–Crippen LogP) is 10.2. The van der Waals surface area contributed by atoms with Crippen molar-refractivity contribution in [2.45, 2.75) is 33.6 Å². The molecule has 0 aliphatic carbocycles. The molecule has 3 nitrogen and oxygen atoms in total. The van der Waals surface area contributed by atoms with Gasteiger partial charge in [0.05, 0.1) is 5.58 Å². The molecule has 0 spiro atoms. The van der Waals surface area contributed by atoms with E-state index in [9.17, 15) is 0 Å². The molecular formula is C40H34IrN2O-2. The molecule has 0 bridgehead atoms. The van der Waals surface area contributed by atoms with Gasteiger partial charge in [0.15, 0.2) is 0 Å². The Kier molecular flexibility index (Phi) is 9.85. The summed E-state index contributed by atoms with van der Waals surface area (Å²) in [7, 11) is 0. The van der Waals surface area contributed by atoms with E-state index in [0.717, 1.165) is 57.3 Å². The van der Waals surface area contributed by atoms with Crippen molar-refractivity contribution < 1.29 is 24.5 Å². The van der Waals surface area contributed by atoms with Crippen molar-refractivity contribution in [3.05, 3.63) is 156 Å². The summed E-state index contributed by atoms with van der Waals surface area (Å²) in [5.74, 6) is 0. The molecule has 0 saturated carbocycles. The average Bonchev–Trinajstić information content (AvgIpc) is 3.41. The molecule has 0 aliphatic heterocycles. The maximum Gasteiger partial charge on any atom is 0.120 e. The van der Waals surface area contributed by atoms with Gasteiger partial charge in [-0.3, -0.25) is 0 Å². The molecule has 4 heteroatoms. The van der Waals surface area contributed by atoms with E-state index in [2.05, 4.69) is 104 Å². The maximum atomic E-state index is 6.11. The molecule has 0 unspecified atom stereocenters. The summed E-state index contributed by atoms with van der Waals surface area (Å²) in [5, 5.41) is 2.25. The Labute approximate surface area is 273 Å². The summed E-state index contributed by atoms with van der Waals surface area (Å²) in [4.78, 5) is 9.08. The van der Waals surface area contributed by atoms with Gasteiger partial charge in [0, 0.05) is 37.9 Å². The van der Waals surface area contributed by atoms with E-state index in [1.54, 1.807) is 0 Å². The Morgan fingerprint density at radius 3 is 2.27 bits per heavy atom. The van der Waals surface area contributed by atoms with Crippen molar-refractivity contribution in [1.82, 2.24) is 9.97 Å². The number of benzene rings is 4. The van der Waals surface area contributed by atoms with Gasteiger partial charge in [0.2, 0.25) is 0 Å². The van der Waals surface area contributed by atoms with Gasteiger partial charge in [-0.1, -0.05) is 104 Å². The van der Waals surface area contributed by atoms with E-state index in [4.69, 9.17) is 4.42 Å². The molecule has 0 atom stereocenters. The minimum absolute atomic E-state index is 0. The van der Waals surface area contributed by atoms with Gasteiger partial charge < -0.3 is 14.4 Å². The van der Waals surface area contributed by atoms with Crippen LogP contribution >= 0.6 is 0 Å². The van der Waals surface area contributed by atoms with Crippen LogP contribution in [-0.4, -0.2) is 9.97 Å². The van der Waals surface area contributed by atoms with E-state index in [1.807, 2.05) is 67.0 Å². The number of hydrogen-bond acceptors (Lipinski definition) is 3. The summed E-state index contributed by atoms with van der Waals surface area (Å²) >= 11 is 0. The SMILES string of the molecule is CC(C)(C)Cc1ccnc(-c2[c-]ccc3c2oc2ccccc23)c1.[Ir].[c-]1ccccc1-c1ncccc1Cc1ccccc1. The fourth-order valence-electron chi connectivity index (χ4n) is 5.39. The van der Waals surface area contributed by atoms with E-state index < -0.39 is 0 Å². The van der Waals surface area contributed by atoms with Crippen LogP contribution in [0.15, 0.2) is 132 Å². The maximum absolute atomic E-state index is 6.11. The van der Waals surface area contributed by atoms with Crippen LogP contribution < -0.4 is 0 Å². The van der Waals surface area contributed by atoms with Gasteiger partial charge in [-0.15, -0.1) is 54.1 Å². The number of nitrogens with zero attached hydrogens (tertiary/aromatic N) is 2. The standard InChI is InChI=1S/C22H20NO.C18H14N.Ir/c1-22(2,3)14-15-11-12-23-19(13-15)18-9-6-8-17-16-7-4-5-10-20(16)24-21(17)18;1-3-8-15(9-4-1)14-17-12-7-13-19-18(17)16-10-5-2-6-11-16;/h4-8,10-13H,14H2,1-3H3;1-10,12-13H,14H2;/q2*-1;. The summed E-state index contributed by atoms with van der Waals surface area (Å²) in [6.07, 6.45) is 5.63. The molecular weight excluding hydrogens is 717 g/mol. The van der Waals surface area contributed by atoms with Crippen LogP contribution in [-0.2, 0) is 32.9 Å². The summed E-state index contributed by atoms with van der Waals surface area (Å²) in [6.45, 7) is 6.75. The van der Waals surface area contributed by atoms with Gasteiger partial charge >= 0.3 is 0 Å². The van der Waals surface area contributed by atoms with Crippen molar-refractivity contribution >= 4 is 21.9 Å². The third-order valence-corrected chi connectivity index (χ3v) is 7.25. The van der Waals surface area contributed by atoms with Gasteiger partial charge in [0.1, 0.15) is 5.58 Å². The smallest absolute Gasteiger partial charge is 0.120 e. The molecule has 0 fully saturated rings. The van der Waals surface area contributed by atoms with Gasteiger partial charge in [-0.25, -0.2) is 0 Å². The van der Waals surface area contributed by atoms with E-state index in [1.165, 1.54) is 16.7 Å². The van der Waals surface area contributed by atoms with Crippen LogP contribution in [0, 0.1) is 17.5 Å². The number of fused-ring (bicyclic) bond motifs is 3. The first-order chi connectivity index (χ1) is 20.9. The molecule has 3 aromatic heterocycles. The Morgan fingerprint density at radius 2 is 1.48 bits per heavy atom. The molecule has 221 valence electrons. The fraction of sp³-hybridized carbons (Fsp3) is 0.150. The third-order valence-electron chi connectivity index (χ3n) is 7.25. The molecule has 44 heavy (non-hydrogen) atoms. The molecule has 0 aliphatic rings. The van der Waals surface area contributed by atoms with Crippen LogP contribution in [0.2, 0.25) is 0 Å². The molecule has 4 aromatic carbocycles. The minimum Gasteiger partial charge on any atom is -0.501 e. The summed E-state index contributed by atoms with van der Waals surface area (Å²) in [6, 6.07) is 45.5.